The maximum atomic E-state index is 5.92. The second kappa shape index (κ2) is 5.78. The van der Waals surface area contributed by atoms with Crippen LogP contribution in [-0.4, -0.2) is 32.9 Å². The molecule has 1 aromatic carbocycles. The Balaban J connectivity index is 2.03. The first-order valence-corrected chi connectivity index (χ1v) is 8.31. The van der Waals surface area contributed by atoms with Gasteiger partial charge in [0.2, 0.25) is 11.8 Å². The van der Waals surface area contributed by atoms with E-state index >= 15 is 0 Å². The Morgan fingerprint density at radius 2 is 1.29 bits per heavy atom. The molecule has 9 heteroatoms. The SMILES string of the molecule is CSc1nnc(-c2cc(N)cc(-c3nnc(SC)o3)c2)o1. The quantitative estimate of drug-likeness (QED) is 0.573. The molecule has 0 bridgehead atoms. The van der Waals surface area contributed by atoms with E-state index in [1.165, 1.54) is 23.5 Å². The van der Waals surface area contributed by atoms with Crippen LogP contribution in [0.1, 0.15) is 0 Å². The highest BCUT2D eigenvalue weighted by Gasteiger charge is 2.13. The van der Waals surface area contributed by atoms with Gasteiger partial charge in [-0.15, -0.1) is 20.4 Å². The highest BCUT2D eigenvalue weighted by molar-refractivity contribution is 7.98. The molecule has 3 rings (SSSR count). The number of nitrogens with two attached hydrogens (primary N) is 1. The first kappa shape index (κ1) is 14.0. The van der Waals surface area contributed by atoms with Crippen molar-refractivity contribution in [2.75, 3.05) is 18.2 Å². The molecule has 0 aliphatic heterocycles. The Morgan fingerprint density at radius 3 is 1.67 bits per heavy atom. The van der Waals surface area contributed by atoms with Crippen molar-refractivity contribution in [2.45, 2.75) is 10.4 Å². The van der Waals surface area contributed by atoms with E-state index in [1.807, 2.05) is 18.6 Å². The number of rotatable bonds is 4. The van der Waals surface area contributed by atoms with Gasteiger partial charge in [-0.1, -0.05) is 23.5 Å². The van der Waals surface area contributed by atoms with Crippen LogP contribution in [0.15, 0.2) is 37.5 Å². The molecule has 0 saturated heterocycles. The van der Waals surface area contributed by atoms with Gasteiger partial charge in [-0.2, -0.15) is 0 Å². The Kier molecular flexibility index (Phi) is 3.84. The van der Waals surface area contributed by atoms with Gasteiger partial charge in [-0.3, -0.25) is 0 Å². The number of anilines is 1. The predicted molar refractivity (Wildman–Crippen MR) is 81.0 cm³/mol. The standard InChI is InChI=1S/C12H11N5O2S2/c1-20-11-16-14-9(18-11)6-3-7(5-8(13)4-6)10-15-17-12(19-10)21-2/h3-5H,13H2,1-2H3. The molecule has 0 aliphatic carbocycles. The van der Waals surface area contributed by atoms with E-state index in [-0.39, 0.29) is 0 Å². The van der Waals surface area contributed by atoms with Gasteiger partial charge >= 0.3 is 0 Å². The highest BCUT2D eigenvalue weighted by atomic mass is 32.2. The molecule has 21 heavy (non-hydrogen) atoms. The highest BCUT2D eigenvalue weighted by Crippen LogP contribution is 2.30. The van der Waals surface area contributed by atoms with E-state index in [1.54, 1.807) is 12.1 Å². The zero-order valence-electron chi connectivity index (χ0n) is 11.2. The molecule has 0 unspecified atom stereocenters. The minimum atomic E-state index is 0.400. The Labute approximate surface area is 128 Å². The van der Waals surface area contributed by atoms with Crippen LogP contribution in [-0.2, 0) is 0 Å². The summed E-state index contributed by atoms with van der Waals surface area (Å²) in [7, 11) is 0. The molecule has 3 aromatic rings. The lowest BCUT2D eigenvalue weighted by Crippen LogP contribution is -1.89. The fourth-order valence-electron chi connectivity index (χ4n) is 1.72. The monoisotopic (exact) mass is 321 g/mol. The normalized spacial score (nSPS) is 11.0. The van der Waals surface area contributed by atoms with Crippen LogP contribution < -0.4 is 5.73 Å². The summed E-state index contributed by atoms with van der Waals surface area (Å²) in [5.41, 5.74) is 7.89. The number of hydrogen-bond acceptors (Lipinski definition) is 9. The van der Waals surface area contributed by atoms with Crippen molar-refractivity contribution >= 4 is 29.2 Å². The van der Waals surface area contributed by atoms with Crippen LogP contribution in [0, 0.1) is 0 Å². The van der Waals surface area contributed by atoms with Gasteiger partial charge in [-0.05, 0) is 30.7 Å². The maximum Gasteiger partial charge on any atom is 0.276 e. The van der Waals surface area contributed by atoms with Gasteiger partial charge in [0.25, 0.3) is 10.4 Å². The first-order valence-electron chi connectivity index (χ1n) is 5.86. The van der Waals surface area contributed by atoms with Crippen LogP contribution in [0.25, 0.3) is 22.9 Å². The van der Waals surface area contributed by atoms with Gasteiger partial charge in [-0.25, -0.2) is 0 Å². The summed E-state index contributed by atoms with van der Waals surface area (Å²) in [6.07, 6.45) is 3.73. The smallest absolute Gasteiger partial charge is 0.276 e. The second-order valence-corrected chi connectivity index (χ2v) is 5.51. The summed E-state index contributed by atoms with van der Waals surface area (Å²) in [5.74, 6) is 0.801. The van der Waals surface area contributed by atoms with Crippen LogP contribution >= 0.6 is 23.5 Å². The lowest BCUT2D eigenvalue weighted by molar-refractivity contribution is 0.465. The van der Waals surface area contributed by atoms with Crippen molar-refractivity contribution in [1.82, 2.24) is 20.4 Å². The van der Waals surface area contributed by atoms with Gasteiger partial charge in [0.05, 0.1) is 0 Å². The van der Waals surface area contributed by atoms with Crippen LogP contribution in [0.5, 0.6) is 0 Å². The molecule has 0 spiro atoms. The molecular formula is C12H11N5O2S2. The molecule has 2 heterocycles. The van der Waals surface area contributed by atoms with E-state index in [0.717, 1.165) is 0 Å². The van der Waals surface area contributed by atoms with E-state index in [0.29, 0.717) is 39.0 Å². The minimum absolute atomic E-state index is 0.400. The molecule has 0 aliphatic rings. The maximum absolute atomic E-state index is 5.92. The number of hydrogen-bond donors (Lipinski definition) is 1. The summed E-state index contributed by atoms with van der Waals surface area (Å²) in [4.78, 5) is 0. The van der Waals surface area contributed by atoms with Crippen molar-refractivity contribution in [2.24, 2.45) is 0 Å². The number of thioether (sulfide) groups is 2. The van der Waals surface area contributed by atoms with Gasteiger partial charge < -0.3 is 14.6 Å². The van der Waals surface area contributed by atoms with Crippen molar-refractivity contribution in [3.63, 3.8) is 0 Å². The molecular weight excluding hydrogens is 310 g/mol. The van der Waals surface area contributed by atoms with E-state index < -0.39 is 0 Å². The third kappa shape index (κ3) is 2.88. The molecule has 108 valence electrons. The summed E-state index contributed by atoms with van der Waals surface area (Å²) in [5, 5.41) is 16.8. The van der Waals surface area contributed by atoms with Gasteiger partial charge in [0.1, 0.15) is 0 Å². The Morgan fingerprint density at radius 1 is 0.810 bits per heavy atom. The molecule has 0 amide bonds. The Bertz CT molecular complexity index is 710. The fourth-order valence-corrected chi connectivity index (χ4v) is 2.29. The topological polar surface area (TPSA) is 104 Å². The third-order valence-electron chi connectivity index (χ3n) is 2.61. The molecule has 0 fully saturated rings. The summed E-state index contributed by atoms with van der Waals surface area (Å²) < 4.78 is 11.0. The number of aromatic nitrogens is 4. The molecule has 2 aromatic heterocycles. The number of benzene rings is 1. The lowest BCUT2D eigenvalue weighted by Gasteiger charge is -2.01. The van der Waals surface area contributed by atoms with Crippen molar-refractivity contribution in [1.29, 1.82) is 0 Å². The van der Waals surface area contributed by atoms with Crippen LogP contribution in [0.2, 0.25) is 0 Å². The number of nitrogen functional groups attached to an aromatic ring is 1. The average Bonchev–Trinajstić information content (AvgIpc) is 3.15. The summed E-state index contributed by atoms with van der Waals surface area (Å²) in [6, 6.07) is 5.34. The Hall–Kier alpha value is -2.00. The zero-order chi connectivity index (χ0) is 14.8. The van der Waals surface area contributed by atoms with Crippen molar-refractivity contribution in [3.8, 4) is 22.9 Å². The summed E-state index contributed by atoms with van der Waals surface area (Å²) >= 11 is 2.76. The summed E-state index contributed by atoms with van der Waals surface area (Å²) in [6.45, 7) is 0. The van der Waals surface area contributed by atoms with E-state index in [4.69, 9.17) is 14.6 Å². The van der Waals surface area contributed by atoms with Gasteiger partial charge in [0, 0.05) is 16.8 Å². The largest absolute Gasteiger partial charge is 0.411 e. The molecule has 0 atom stereocenters. The molecule has 0 radical (unpaired) electrons. The van der Waals surface area contributed by atoms with E-state index in [9.17, 15) is 0 Å². The second-order valence-electron chi connectivity index (χ2n) is 4.00. The lowest BCUT2D eigenvalue weighted by atomic mass is 10.1. The average molecular weight is 321 g/mol. The van der Waals surface area contributed by atoms with Gasteiger partial charge in [0.15, 0.2) is 0 Å². The van der Waals surface area contributed by atoms with Crippen LogP contribution in [0.3, 0.4) is 0 Å². The van der Waals surface area contributed by atoms with Crippen molar-refractivity contribution < 1.29 is 8.83 Å². The van der Waals surface area contributed by atoms with Crippen molar-refractivity contribution in [3.05, 3.63) is 18.2 Å². The van der Waals surface area contributed by atoms with E-state index in [2.05, 4.69) is 20.4 Å². The first-order chi connectivity index (χ1) is 10.2. The predicted octanol–water partition coefficient (Wildman–Crippen LogP) is 2.81. The third-order valence-corrected chi connectivity index (χ3v) is 3.64. The molecule has 2 N–H and O–H groups in total. The number of nitrogens with zero attached hydrogens (tertiary/aromatic N) is 4. The minimum Gasteiger partial charge on any atom is -0.411 e. The fraction of sp³-hybridized carbons (Fsp3) is 0.167. The van der Waals surface area contributed by atoms with Crippen LogP contribution in [0.4, 0.5) is 5.69 Å². The molecule has 7 nitrogen and oxygen atoms in total. The zero-order valence-corrected chi connectivity index (χ0v) is 12.9. The molecule has 0 saturated carbocycles.